The van der Waals surface area contributed by atoms with Crippen molar-refractivity contribution in [1.29, 1.82) is 0 Å². The lowest BCUT2D eigenvalue weighted by Gasteiger charge is -2.18. The van der Waals surface area contributed by atoms with Crippen molar-refractivity contribution in [2.45, 2.75) is 77.9 Å². The van der Waals surface area contributed by atoms with Crippen molar-refractivity contribution in [3.63, 3.8) is 0 Å². The van der Waals surface area contributed by atoms with Gasteiger partial charge in [-0.05, 0) is 51.3 Å². The maximum atomic E-state index is 12.3. The highest BCUT2D eigenvalue weighted by Gasteiger charge is 2.19. The van der Waals surface area contributed by atoms with Gasteiger partial charge in [-0.2, -0.15) is 0 Å². The normalized spacial score (nSPS) is 13.2. The molecule has 2 aromatic carbocycles. The van der Waals surface area contributed by atoms with Gasteiger partial charge in [0, 0.05) is 13.0 Å². The molecule has 0 fully saturated rings. The Balaban J connectivity index is 0.000000384. The van der Waals surface area contributed by atoms with Gasteiger partial charge in [0.2, 0.25) is 6.79 Å². The van der Waals surface area contributed by atoms with Gasteiger partial charge in [0.15, 0.2) is 11.5 Å². The maximum Gasteiger partial charge on any atom is 0.231 e. The van der Waals surface area contributed by atoms with Gasteiger partial charge in [-0.3, -0.25) is 0 Å². The minimum Gasteiger partial charge on any atom is -0.616 e. The molecule has 6 heteroatoms. The molecule has 0 aromatic heterocycles. The van der Waals surface area contributed by atoms with Crippen LogP contribution in [0.25, 0.3) is 0 Å². The van der Waals surface area contributed by atoms with Gasteiger partial charge in [0.05, 0.1) is 13.2 Å². The Morgan fingerprint density at radius 3 is 2.26 bits per heavy atom. The van der Waals surface area contributed by atoms with Gasteiger partial charge in [-0.25, -0.2) is 0 Å². The van der Waals surface area contributed by atoms with E-state index in [2.05, 4.69) is 32.9 Å². The molecule has 2 atom stereocenters. The largest absolute Gasteiger partial charge is 0.616 e. The Hall–Kier alpha value is -1.73. The predicted molar refractivity (Wildman–Crippen MR) is 147 cm³/mol. The van der Waals surface area contributed by atoms with Crippen molar-refractivity contribution >= 4 is 11.2 Å². The van der Waals surface area contributed by atoms with Crippen LogP contribution in [0, 0.1) is 6.92 Å². The highest BCUT2D eigenvalue weighted by molar-refractivity contribution is 7.91. The Bertz CT molecular complexity index is 752. The summed E-state index contributed by atoms with van der Waals surface area (Å²) in [7, 11) is 0. The minimum atomic E-state index is -0.743. The van der Waals surface area contributed by atoms with Crippen molar-refractivity contribution in [2.24, 2.45) is 0 Å². The van der Waals surface area contributed by atoms with Gasteiger partial charge in [-0.15, -0.1) is 0 Å². The molecular formula is C29H46O5S. The second-order valence-electron chi connectivity index (χ2n) is 8.63. The topological polar surface area (TPSA) is 71.0 Å². The van der Waals surface area contributed by atoms with Crippen LogP contribution in [0.15, 0.2) is 48.5 Å². The Kier molecular flexibility index (Phi) is 18.3. The van der Waals surface area contributed by atoms with Gasteiger partial charge < -0.3 is 23.9 Å². The van der Waals surface area contributed by atoms with E-state index in [1.807, 2.05) is 43.3 Å². The number of unbranched alkanes of at least 4 members (excludes halogenated alkanes) is 5. The number of ether oxygens (including phenoxy) is 3. The van der Waals surface area contributed by atoms with Crippen LogP contribution in [0.1, 0.15) is 70.4 Å². The maximum absolute atomic E-state index is 12.3. The first-order valence-corrected chi connectivity index (χ1v) is 14.4. The molecule has 0 saturated carbocycles. The second kappa shape index (κ2) is 20.5. The summed E-state index contributed by atoms with van der Waals surface area (Å²) >= 11 is -0.743. The fourth-order valence-corrected chi connectivity index (χ4v) is 4.73. The summed E-state index contributed by atoms with van der Waals surface area (Å²) in [5, 5.41) is 8.26. The average molecular weight is 507 g/mol. The number of aliphatic hydroxyl groups excluding tert-OH is 1. The highest BCUT2D eigenvalue weighted by Crippen LogP contribution is 2.33. The van der Waals surface area contributed by atoms with E-state index >= 15 is 0 Å². The second-order valence-corrected chi connectivity index (χ2v) is 10.6. The molecule has 0 bridgehead atoms. The first-order valence-electron chi connectivity index (χ1n) is 13.0. The van der Waals surface area contributed by atoms with Crippen LogP contribution in [0.5, 0.6) is 11.5 Å². The summed E-state index contributed by atoms with van der Waals surface area (Å²) in [6, 6.07) is 16.3. The molecule has 5 nitrogen and oxygen atoms in total. The molecule has 1 aliphatic rings. The van der Waals surface area contributed by atoms with Crippen LogP contribution in [-0.2, 0) is 22.3 Å². The number of fused-ring (bicyclic) bond motifs is 1. The van der Waals surface area contributed by atoms with Gasteiger partial charge in [0.25, 0.3) is 0 Å². The molecular weight excluding hydrogens is 460 g/mol. The van der Waals surface area contributed by atoms with Crippen LogP contribution in [0.2, 0.25) is 0 Å². The van der Waals surface area contributed by atoms with Gasteiger partial charge >= 0.3 is 0 Å². The average Bonchev–Trinajstić information content (AvgIpc) is 3.34. The highest BCUT2D eigenvalue weighted by atomic mass is 32.2. The number of hydrogen-bond acceptors (Lipinski definition) is 5. The zero-order chi connectivity index (χ0) is 25.7. The molecule has 2 unspecified atom stereocenters. The molecule has 1 aliphatic heterocycles. The van der Waals surface area contributed by atoms with Gasteiger partial charge in [0.1, 0.15) is 11.0 Å². The molecule has 0 radical (unpaired) electrons. The van der Waals surface area contributed by atoms with Crippen LogP contribution in [0.3, 0.4) is 0 Å². The summed E-state index contributed by atoms with van der Waals surface area (Å²) in [6.45, 7) is 9.89. The SMILES string of the molecule is CCCCCCCC[S+]([O-])C(C)Cc1ccc2c(c1)OCO2.CCOCCO.Cc1ccccc1. The summed E-state index contributed by atoms with van der Waals surface area (Å²) in [6.07, 6.45) is 8.32. The number of rotatable bonds is 13. The zero-order valence-corrected chi connectivity index (χ0v) is 23.0. The van der Waals surface area contributed by atoms with Crippen molar-refractivity contribution < 1.29 is 23.9 Å². The summed E-state index contributed by atoms with van der Waals surface area (Å²) in [5.41, 5.74) is 2.50. The van der Waals surface area contributed by atoms with E-state index < -0.39 is 11.2 Å². The van der Waals surface area contributed by atoms with E-state index in [0.29, 0.717) is 20.0 Å². The first-order chi connectivity index (χ1) is 17.0. The van der Waals surface area contributed by atoms with E-state index in [-0.39, 0.29) is 11.9 Å². The van der Waals surface area contributed by atoms with Crippen molar-refractivity contribution in [1.82, 2.24) is 0 Å². The summed E-state index contributed by atoms with van der Waals surface area (Å²) in [5.74, 6) is 2.45. The monoisotopic (exact) mass is 506 g/mol. The van der Waals surface area contributed by atoms with Crippen molar-refractivity contribution in [3.8, 4) is 11.5 Å². The molecule has 35 heavy (non-hydrogen) atoms. The van der Waals surface area contributed by atoms with Crippen LogP contribution in [0.4, 0.5) is 0 Å². The van der Waals surface area contributed by atoms with Crippen LogP contribution in [-0.4, -0.2) is 47.3 Å². The fraction of sp³-hybridized carbons (Fsp3) is 0.586. The van der Waals surface area contributed by atoms with Crippen LogP contribution >= 0.6 is 0 Å². The molecule has 3 rings (SSSR count). The van der Waals surface area contributed by atoms with E-state index in [0.717, 1.165) is 30.1 Å². The van der Waals surface area contributed by atoms with E-state index in [1.54, 1.807) is 0 Å². The molecule has 198 valence electrons. The standard InChI is InChI=1S/C18H28O3S.C7H8.C4H10O2/c1-3-4-5-6-7-8-11-22(19)15(2)12-16-9-10-17-18(13-16)21-14-20-17;1-7-5-3-2-4-6-7;1-2-6-4-3-5/h9-10,13,15H,3-8,11-12,14H2,1-2H3;2-6H,1H3;5H,2-4H2,1H3. The Labute approximate surface area is 216 Å². The third-order valence-corrected chi connectivity index (χ3v) is 7.24. The minimum absolute atomic E-state index is 0.133. The number of hydrogen-bond donors (Lipinski definition) is 1. The molecule has 0 aliphatic carbocycles. The van der Waals surface area contributed by atoms with E-state index in [9.17, 15) is 4.55 Å². The van der Waals surface area contributed by atoms with E-state index in [1.165, 1.54) is 43.2 Å². The quantitative estimate of drug-likeness (QED) is 0.249. The van der Waals surface area contributed by atoms with Crippen molar-refractivity contribution in [2.75, 3.05) is 32.4 Å². The lowest BCUT2D eigenvalue weighted by atomic mass is 10.1. The molecule has 0 spiro atoms. The third-order valence-electron chi connectivity index (χ3n) is 5.49. The van der Waals surface area contributed by atoms with Gasteiger partial charge in [-0.1, -0.05) is 85.7 Å². The zero-order valence-electron chi connectivity index (χ0n) is 22.2. The smallest absolute Gasteiger partial charge is 0.231 e. The third kappa shape index (κ3) is 15.1. The van der Waals surface area contributed by atoms with Crippen LogP contribution < -0.4 is 9.47 Å². The molecule has 1 N–H and O–H groups in total. The molecule has 0 saturated heterocycles. The number of aryl methyl sites for hydroxylation is 1. The van der Waals surface area contributed by atoms with Crippen molar-refractivity contribution in [3.05, 3.63) is 59.7 Å². The summed E-state index contributed by atoms with van der Waals surface area (Å²) < 4.78 is 27.8. The first kappa shape index (κ1) is 31.3. The Morgan fingerprint density at radius 1 is 0.971 bits per heavy atom. The predicted octanol–water partition coefficient (Wildman–Crippen LogP) is 6.47. The lowest BCUT2D eigenvalue weighted by Crippen LogP contribution is -2.23. The number of aliphatic hydroxyl groups is 1. The molecule has 1 heterocycles. The lowest BCUT2D eigenvalue weighted by molar-refractivity contribution is 0.102. The summed E-state index contributed by atoms with van der Waals surface area (Å²) in [4.78, 5) is 0. The fourth-order valence-electron chi connectivity index (χ4n) is 3.46. The number of benzene rings is 2. The molecule has 0 amide bonds. The Morgan fingerprint density at radius 2 is 1.66 bits per heavy atom. The molecule has 2 aromatic rings. The van der Waals surface area contributed by atoms with E-state index in [4.69, 9.17) is 19.3 Å².